The van der Waals surface area contributed by atoms with Crippen LogP contribution in [0.4, 0.5) is 18.9 Å². The highest BCUT2D eigenvalue weighted by atomic mass is 35.5. The molecule has 1 amide bonds. The molecule has 0 aromatic heterocycles. The maximum atomic E-state index is 12.5. The quantitative estimate of drug-likeness (QED) is 0.840. The number of amides is 1. The minimum Gasteiger partial charge on any atom is -0.381 e. The number of benzene rings is 1. The van der Waals surface area contributed by atoms with E-state index in [-0.39, 0.29) is 31.3 Å². The summed E-state index contributed by atoms with van der Waals surface area (Å²) < 4.78 is 42.2. The van der Waals surface area contributed by atoms with Crippen molar-refractivity contribution in [2.45, 2.75) is 31.9 Å². The molecule has 1 aromatic carbocycles. The molecule has 1 fully saturated rings. The van der Waals surface area contributed by atoms with E-state index in [0.29, 0.717) is 37.3 Å². The summed E-state index contributed by atoms with van der Waals surface area (Å²) in [7, 11) is 0. The molecule has 0 unspecified atom stereocenters. The van der Waals surface area contributed by atoms with E-state index in [1.165, 1.54) is 0 Å². The van der Waals surface area contributed by atoms with Gasteiger partial charge < -0.3 is 15.8 Å². The van der Waals surface area contributed by atoms with Gasteiger partial charge in [-0.05, 0) is 37.0 Å². The zero-order chi connectivity index (χ0) is 16.9. The number of hydrogen-bond acceptors (Lipinski definition) is 3. The third-order valence-electron chi connectivity index (χ3n) is 4.20. The molecule has 1 saturated heterocycles. The second-order valence-electron chi connectivity index (χ2n) is 5.87. The van der Waals surface area contributed by atoms with Crippen LogP contribution in [0.15, 0.2) is 24.3 Å². The van der Waals surface area contributed by atoms with Gasteiger partial charge in [0.05, 0.1) is 5.41 Å². The number of ether oxygens (including phenoxy) is 1. The number of halogens is 4. The first-order valence-corrected chi connectivity index (χ1v) is 7.60. The second-order valence-corrected chi connectivity index (χ2v) is 5.87. The average Bonchev–Trinajstić information content (AvgIpc) is 2.53. The van der Waals surface area contributed by atoms with Crippen molar-refractivity contribution in [3.05, 3.63) is 29.8 Å². The van der Waals surface area contributed by atoms with Crippen molar-refractivity contribution in [1.29, 1.82) is 0 Å². The third kappa shape index (κ3) is 5.65. The zero-order valence-electron chi connectivity index (χ0n) is 13.2. The summed E-state index contributed by atoms with van der Waals surface area (Å²) in [4.78, 5) is 12.5. The second kappa shape index (κ2) is 8.69. The normalized spacial score (nSPS) is 17.0. The number of aryl methyl sites for hydroxylation is 1. The van der Waals surface area contributed by atoms with E-state index >= 15 is 0 Å². The van der Waals surface area contributed by atoms with E-state index < -0.39 is 18.0 Å². The number of carbonyl (C=O) groups excluding carboxylic acids is 1. The molecule has 8 heteroatoms. The number of rotatable bonds is 5. The Morgan fingerprint density at radius 2 is 1.96 bits per heavy atom. The SMILES string of the molecule is Cl.NCC1(C(=O)Nc2cccc(CCC(F)(F)F)c2)CCOCC1. The van der Waals surface area contributed by atoms with Gasteiger partial charge in [0.25, 0.3) is 0 Å². The fraction of sp³-hybridized carbons (Fsp3) is 0.562. The van der Waals surface area contributed by atoms with Gasteiger partial charge in [0.1, 0.15) is 0 Å². The maximum absolute atomic E-state index is 12.5. The first kappa shape index (κ1) is 20.7. The lowest BCUT2D eigenvalue weighted by Gasteiger charge is -2.34. The van der Waals surface area contributed by atoms with Crippen molar-refractivity contribution < 1.29 is 22.7 Å². The molecule has 3 N–H and O–H groups in total. The molecule has 0 radical (unpaired) electrons. The monoisotopic (exact) mass is 366 g/mol. The molecule has 24 heavy (non-hydrogen) atoms. The van der Waals surface area contributed by atoms with Crippen molar-refractivity contribution in [1.82, 2.24) is 0 Å². The van der Waals surface area contributed by atoms with Crippen LogP contribution in [0.25, 0.3) is 0 Å². The highest BCUT2D eigenvalue weighted by Gasteiger charge is 2.38. The highest BCUT2D eigenvalue weighted by Crippen LogP contribution is 2.31. The van der Waals surface area contributed by atoms with Crippen molar-refractivity contribution in [2.24, 2.45) is 11.1 Å². The van der Waals surface area contributed by atoms with E-state index in [2.05, 4.69) is 5.32 Å². The molecule has 0 saturated carbocycles. The van der Waals surface area contributed by atoms with Crippen LogP contribution in [0, 0.1) is 5.41 Å². The molecule has 2 rings (SSSR count). The maximum Gasteiger partial charge on any atom is 0.389 e. The van der Waals surface area contributed by atoms with E-state index in [1.54, 1.807) is 24.3 Å². The number of carbonyl (C=O) groups is 1. The van der Waals surface area contributed by atoms with Crippen LogP contribution in [0.5, 0.6) is 0 Å². The molecule has 0 bridgehead atoms. The molecule has 1 heterocycles. The summed E-state index contributed by atoms with van der Waals surface area (Å²) in [6.07, 6.45) is -4.09. The largest absolute Gasteiger partial charge is 0.389 e. The smallest absolute Gasteiger partial charge is 0.381 e. The Bertz CT molecular complexity index is 546. The minimum absolute atomic E-state index is 0. The molecule has 0 aliphatic carbocycles. The summed E-state index contributed by atoms with van der Waals surface area (Å²) in [5.41, 5.74) is 6.14. The average molecular weight is 367 g/mol. The van der Waals surface area contributed by atoms with Crippen molar-refractivity contribution in [2.75, 3.05) is 25.1 Å². The van der Waals surface area contributed by atoms with Gasteiger partial charge in [0.2, 0.25) is 5.91 Å². The predicted molar refractivity (Wildman–Crippen MR) is 88.2 cm³/mol. The molecular formula is C16H22ClF3N2O2. The van der Waals surface area contributed by atoms with Crippen LogP contribution in [0.3, 0.4) is 0 Å². The third-order valence-corrected chi connectivity index (χ3v) is 4.20. The first-order chi connectivity index (χ1) is 10.8. The van der Waals surface area contributed by atoms with Crippen molar-refractivity contribution >= 4 is 24.0 Å². The Kier molecular flexibility index (Phi) is 7.51. The number of nitrogens with one attached hydrogen (secondary N) is 1. The van der Waals surface area contributed by atoms with Crippen molar-refractivity contribution in [3.8, 4) is 0 Å². The zero-order valence-corrected chi connectivity index (χ0v) is 14.0. The van der Waals surface area contributed by atoms with Gasteiger partial charge in [0.15, 0.2) is 0 Å². The van der Waals surface area contributed by atoms with Gasteiger partial charge in [-0.15, -0.1) is 12.4 Å². The van der Waals surface area contributed by atoms with Crippen molar-refractivity contribution in [3.63, 3.8) is 0 Å². The first-order valence-electron chi connectivity index (χ1n) is 7.60. The standard InChI is InChI=1S/C16H21F3N2O2.ClH/c17-16(18,19)5-4-12-2-1-3-13(10-12)21-14(22)15(11-20)6-8-23-9-7-15;/h1-3,10H,4-9,11,20H2,(H,21,22);1H. The number of nitrogens with two attached hydrogens (primary N) is 1. The Balaban J connectivity index is 0.00000288. The summed E-state index contributed by atoms with van der Waals surface area (Å²) in [6, 6.07) is 6.50. The van der Waals surface area contributed by atoms with Gasteiger partial charge in [-0.3, -0.25) is 4.79 Å². The fourth-order valence-corrected chi connectivity index (χ4v) is 2.64. The summed E-state index contributed by atoms with van der Waals surface area (Å²) >= 11 is 0. The summed E-state index contributed by atoms with van der Waals surface area (Å²) in [5, 5.41) is 2.79. The van der Waals surface area contributed by atoms with Gasteiger partial charge >= 0.3 is 6.18 Å². The minimum atomic E-state index is -4.19. The van der Waals surface area contributed by atoms with Crippen LogP contribution >= 0.6 is 12.4 Å². The number of alkyl halides is 3. The molecule has 1 aliphatic heterocycles. The summed E-state index contributed by atoms with van der Waals surface area (Å²) in [6.45, 7) is 1.18. The van der Waals surface area contributed by atoms with Crippen LogP contribution in [0.2, 0.25) is 0 Å². The summed E-state index contributed by atoms with van der Waals surface area (Å²) in [5.74, 6) is -0.198. The van der Waals surface area contributed by atoms with Gasteiger partial charge in [0, 0.05) is 31.9 Å². The fourth-order valence-electron chi connectivity index (χ4n) is 2.64. The van der Waals surface area contributed by atoms with Crippen LogP contribution in [-0.4, -0.2) is 31.8 Å². The predicted octanol–water partition coefficient (Wildman–Crippen LogP) is 3.30. The van der Waals surface area contributed by atoms with Crippen LogP contribution in [-0.2, 0) is 16.0 Å². The molecule has 1 aromatic rings. The molecule has 136 valence electrons. The Labute approximate surface area is 145 Å². The lowest BCUT2D eigenvalue weighted by molar-refractivity contribution is -0.134. The molecular weight excluding hydrogens is 345 g/mol. The van der Waals surface area contributed by atoms with Crippen LogP contribution < -0.4 is 11.1 Å². The number of hydrogen-bond donors (Lipinski definition) is 2. The highest BCUT2D eigenvalue weighted by molar-refractivity contribution is 5.95. The number of anilines is 1. The molecule has 1 aliphatic rings. The topological polar surface area (TPSA) is 64.4 Å². The molecule has 4 nitrogen and oxygen atoms in total. The van der Waals surface area contributed by atoms with Gasteiger partial charge in [-0.2, -0.15) is 13.2 Å². The Hall–Kier alpha value is -1.31. The lowest BCUT2D eigenvalue weighted by atomic mass is 9.79. The van der Waals surface area contributed by atoms with E-state index in [4.69, 9.17) is 10.5 Å². The van der Waals surface area contributed by atoms with E-state index in [1.807, 2.05) is 0 Å². The van der Waals surface area contributed by atoms with Crippen LogP contribution in [0.1, 0.15) is 24.8 Å². The van der Waals surface area contributed by atoms with E-state index in [0.717, 1.165) is 0 Å². The Morgan fingerprint density at radius 3 is 2.54 bits per heavy atom. The van der Waals surface area contributed by atoms with Gasteiger partial charge in [-0.25, -0.2) is 0 Å². The van der Waals surface area contributed by atoms with Gasteiger partial charge in [-0.1, -0.05) is 12.1 Å². The Morgan fingerprint density at radius 1 is 1.29 bits per heavy atom. The lowest BCUT2D eigenvalue weighted by Crippen LogP contribution is -2.46. The molecule has 0 atom stereocenters. The van der Waals surface area contributed by atoms with E-state index in [9.17, 15) is 18.0 Å². The molecule has 0 spiro atoms.